The number of hydrogen-bond acceptors (Lipinski definition) is 3. The van der Waals surface area contributed by atoms with E-state index in [1.165, 1.54) is 0 Å². The van der Waals surface area contributed by atoms with Crippen LogP contribution in [0.25, 0.3) is 0 Å². The number of halogens is 2. The molecule has 0 aliphatic heterocycles. The molecular formula is C12H14F2N2O2. The lowest BCUT2D eigenvalue weighted by Crippen LogP contribution is -2.56. The summed E-state index contributed by atoms with van der Waals surface area (Å²) in [5, 5.41) is 11.8. The predicted octanol–water partition coefficient (Wildman–Crippen LogP) is 1.19. The van der Waals surface area contributed by atoms with Gasteiger partial charge in [-0.1, -0.05) is 0 Å². The number of benzene rings is 1. The summed E-state index contributed by atoms with van der Waals surface area (Å²) in [5.74, 6) is -2.81. The first-order chi connectivity index (χ1) is 8.47. The first kappa shape index (κ1) is 12.8. The van der Waals surface area contributed by atoms with Gasteiger partial charge in [0.2, 0.25) is 0 Å². The van der Waals surface area contributed by atoms with E-state index >= 15 is 0 Å². The second-order valence-corrected chi connectivity index (χ2v) is 4.60. The van der Waals surface area contributed by atoms with Crippen LogP contribution in [-0.2, 0) is 0 Å². The first-order valence-corrected chi connectivity index (χ1v) is 5.65. The number of anilines is 1. The van der Waals surface area contributed by atoms with Crippen molar-refractivity contribution >= 4 is 11.6 Å². The quantitative estimate of drug-likeness (QED) is 0.711. The van der Waals surface area contributed by atoms with Crippen LogP contribution >= 0.6 is 0 Å². The number of nitrogens with one attached hydrogen (secondary N) is 1. The molecule has 0 saturated heterocycles. The molecule has 1 aliphatic carbocycles. The Morgan fingerprint density at radius 2 is 2.00 bits per heavy atom. The highest BCUT2D eigenvalue weighted by Crippen LogP contribution is 2.31. The van der Waals surface area contributed by atoms with Crippen molar-refractivity contribution in [3.8, 4) is 0 Å². The molecule has 0 bridgehead atoms. The second kappa shape index (κ2) is 4.53. The highest BCUT2D eigenvalue weighted by atomic mass is 19.2. The molecule has 1 aliphatic rings. The Morgan fingerprint density at radius 1 is 1.39 bits per heavy atom. The molecule has 2 rings (SSSR count). The van der Waals surface area contributed by atoms with Crippen LogP contribution in [0.3, 0.4) is 0 Å². The van der Waals surface area contributed by atoms with E-state index < -0.39 is 23.1 Å². The van der Waals surface area contributed by atoms with Crippen molar-refractivity contribution in [2.45, 2.75) is 24.8 Å². The molecule has 0 spiro atoms. The van der Waals surface area contributed by atoms with E-state index in [4.69, 9.17) is 5.73 Å². The minimum atomic E-state index is -1.12. The highest BCUT2D eigenvalue weighted by Gasteiger charge is 2.38. The van der Waals surface area contributed by atoms with Gasteiger partial charge < -0.3 is 16.2 Å². The van der Waals surface area contributed by atoms with Gasteiger partial charge in [0.1, 0.15) is 0 Å². The Labute approximate surface area is 103 Å². The summed E-state index contributed by atoms with van der Waals surface area (Å²) in [7, 11) is 0. The maximum Gasteiger partial charge on any atom is 0.253 e. The van der Waals surface area contributed by atoms with E-state index in [-0.39, 0.29) is 17.9 Å². The number of aliphatic hydroxyl groups excluding tert-OH is 1. The molecule has 1 saturated carbocycles. The maximum atomic E-state index is 13.1. The zero-order chi connectivity index (χ0) is 13.3. The Hall–Kier alpha value is -1.69. The van der Waals surface area contributed by atoms with Crippen molar-refractivity contribution in [2.75, 3.05) is 12.3 Å². The third-order valence-electron chi connectivity index (χ3n) is 3.33. The van der Waals surface area contributed by atoms with E-state index in [1.807, 2.05) is 0 Å². The van der Waals surface area contributed by atoms with E-state index in [2.05, 4.69) is 5.32 Å². The molecule has 0 aromatic heterocycles. The Morgan fingerprint density at radius 3 is 2.50 bits per heavy atom. The number of aliphatic hydroxyl groups is 1. The second-order valence-electron chi connectivity index (χ2n) is 4.60. The molecule has 0 atom stereocenters. The molecule has 0 radical (unpaired) electrons. The number of hydrogen-bond donors (Lipinski definition) is 3. The molecule has 1 fully saturated rings. The maximum absolute atomic E-state index is 13.1. The molecule has 0 unspecified atom stereocenters. The van der Waals surface area contributed by atoms with Crippen LogP contribution in [0.5, 0.6) is 0 Å². The molecule has 6 heteroatoms. The lowest BCUT2D eigenvalue weighted by molar-refractivity contribution is 0.0642. The average Bonchev–Trinajstić information content (AvgIpc) is 2.28. The van der Waals surface area contributed by atoms with Gasteiger partial charge in [-0.3, -0.25) is 4.79 Å². The molecule has 4 nitrogen and oxygen atoms in total. The summed E-state index contributed by atoms with van der Waals surface area (Å²) in [6.07, 6.45) is 2.24. The van der Waals surface area contributed by atoms with E-state index in [0.29, 0.717) is 12.8 Å². The monoisotopic (exact) mass is 256 g/mol. The smallest absolute Gasteiger partial charge is 0.253 e. The molecule has 98 valence electrons. The van der Waals surface area contributed by atoms with Crippen molar-refractivity contribution < 1.29 is 18.7 Å². The van der Waals surface area contributed by atoms with E-state index in [9.17, 15) is 18.7 Å². The predicted molar refractivity (Wildman–Crippen MR) is 61.9 cm³/mol. The summed E-state index contributed by atoms with van der Waals surface area (Å²) in [6.45, 7) is -0.178. The molecule has 1 aromatic rings. The van der Waals surface area contributed by atoms with Crippen LogP contribution in [-0.4, -0.2) is 23.2 Å². The normalized spacial score (nSPS) is 17.1. The van der Waals surface area contributed by atoms with Gasteiger partial charge in [-0.25, -0.2) is 8.78 Å². The van der Waals surface area contributed by atoms with Gasteiger partial charge in [0.05, 0.1) is 17.7 Å². The lowest BCUT2D eigenvalue weighted by Gasteiger charge is -2.41. The van der Waals surface area contributed by atoms with Crippen molar-refractivity contribution in [2.24, 2.45) is 0 Å². The van der Waals surface area contributed by atoms with Crippen molar-refractivity contribution in [3.63, 3.8) is 0 Å². The average molecular weight is 256 g/mol. The van der Waals surface area contributed by atoms with Crippen LogP contribution in [0.4, 0.5) is 14.5 Å². The minimum absolute atomic E-state index is 0.117. The number of rotatable bonds is 3. The lowest BCUT2D eigenvalue weighted by atomic mass is 9.77. The van der Waals surface area contributed by atoms with E-state index in [0.717, 1.165) is 18.6 Å². The van der Waals surface area contributed by atoms with Gasteiger partial charge in [0, 0.05) is 11.8 Å². The minimum Gasteiger partial charge on any atom is -0.398 e. The zero-order valence-electron chi connectivity index (χ0n) is 9.67. The standard InChI is InChI=1S/C12H14F2N2O2/c13-8-4-7(10(15)5-9(8)14)11(18)16-12(6-17)2-1-3-12/h4-5,17H,1-3,6,15H2,(H,16,18). The molecular weight excluding hydrogens is 242 g/mol. The van der Waals surface area contributed by atoms with Crippen molar-refractivity contribution in [1.82, 2.24) is 5.32 Å². The van der Waals surface area contributed by atoms with Crippen LogP contribution < -0.4 is 11.1 Å². The molecule has 0 heterocycles. The van der Waals surface area contributed by atoms with Gasteiger partial charge in [-0.05, 0) is 25.3 Å². The topological polar surface area (TPSA) is 75.4 Å². The fourth-order valence-corrected chi connectivity index (χ4v) is 1.99. The van der Waals surface area contributed by atoms with Crippen LogP contribution in [0, 0.1) is 11.6 Å². The Balaban J connectivity index is 2.21. The molecule has 18 heavy (non-hydrogen) atoms. The van der Waals surface area contributed by atoms with Crippen molar-refractivity contribution in [3.05, 3.63) is 29.3 Å². The summed E-state index contributed by atoms with van der Waals surface area (Å²) in [4.78, 5) is 11.9. The highest BCUT2D eigenvalue weighted by molar-refractivity contribution is 5.99. The Bertz CT molecular complexity index is 482. The number of nitrogens with two attached hydrogens (primary N) is 1. The number of carbonyl (C=O) groups is 1. The fraction of sp³-hybridized carbons (Fsp3) is 0.417. The van der Waals surface area contributed by atoms with Gasteiger partial charge in [0.25, 0.3) is 5.91 Å². The van der Waals surface area contributed by atoms with Crippen LogP contribution in [0.1, 0.15) is 29.6 Å². The van der Waals surface area contributed by atoms with Crippen LogP contribution in [0.2, 0.25) is 0 Å². The summed E-state index contributed by atoms with van der Waals surface area (Å²) < 4.78 is 25.9. The third kappa shape index (κ3) is 2.15. The van der Waals surface area contributed by atoms with Gasteiger partial charge >= 0.3 is 0 Å². The first-order valence-electron chi connectivity index (χ1n) is 5.65. The van der Waals surface area contributed by atoms with Gasteiger partial charge in [-0.15, -0.1) is 0 Å². The van der Waals surface area contributed by atoms with E-state index in [1.54, 1.807) is 0 Å². The summed E-state index contributed by atoms with van der Waals surface area (Å²) in [6, 6.07) is 1.54. The third-order valence-corrected chi connectivity index (χ3v) is 3.33. The largest absolute Gasteiger partial charge is 0.398 e. The van der Waals surface area contributed by atoms with Crippen LogP contribution in [0.15, 0.2) is 12.1 Å². The Kier molecular flexibility index (Phi) is 3.21. The van der Waals surface area contributed by atoms with Gasteiger partial charge in [0.15, 0.2) is 11.6 Å². The van der Waals surface area contributed by atoms with Gasteiger partial charge in [-0.2, -0.15) is 0 Å². The number of nitrogen functional groups attached to an aromatic ring is 1. The summed E-state index contributed by atoms with van der Waals surface area (Å²) in [5.41, 5.74) is 4.59. The molecule has 1 amide bonds. The van der Waals surface area contributed by atoms with Crippen molar-refractivity contribution in [1.29, 1.82) is 0 Å². The molecule has 4 N–H and O–H groups in total. The number of carbonyl (C=O) groups excluding carboxylic acids is 1. The fourth-order valence-electron chi connectivity index (χ4n) is 1.99. The molecule has 1 aromatic carbocycles. The number of amides is 1. The SMILES string of the molecule is Nc1cc(F)c(F)cc1C(=O)NC1(CO)CCC1. The zero-order valence-corrected chi connectivity index (χ0v) is 9.67. The summed E-state index contributed by atoms with van der Waals surface area (Å²) >= 11 is 0.